The average molecular weight is 412 g/mol. The fourth-order valence-corrected chi connectivity index (χ4v) is 3.44. The van der Waals surface area contributed by atoms with E-state index in [1.807, 2.05) is 19.9 Å². The largest absolute Gasteiger partial charge is 0.268 e. The van der Waals surface area contributed by atoms with Crippen LogP contribution in [0.2, 0.25) is 0 Å². The Balaban J connectivity index is 2.19. The lowest BCUT2D eigenvalue weighted by molar-refractivity contribution is 0.602. The number of aromatic nitrogens is 2. The van der Waals surface area contributed by atoms with Crippen molar-refractivity contribution in [1.82, 2.24) is 9.78 Å². The average Bonchev–Trinajstić information content (AvgIpc) is 2.67. The number of benzene rings is 2. The molecule has 7 heteroatoms. The highest BCUT2D eigenvalue weighted by molar-refractivity contribution is 7.90. The Hall–Kier alpha value is -3.06. The smallest absolute Gasteiger partial charge is 0.267 e. The van der Waals surface area contributed by atoms with Crippen LogP contribution in [0.5, 0.6) is 0 Å². The molecule has 3 rings (SSSR count). The summed E-state index contributed by atoms with van der Waals surface area (Å²) in [4.78, 5) is 12.8. The predicted octanol–water partition coefficient (Wildman–Crippen LogP) is 4.09. The zero-order valence-corrected chi connectivity index (χ0v) is 17.2. The van der Waals surface area contributed by atoms with Crippen LogP contribution in [0.15, 0.2) is 75.9 Å². The number of hydrogen-bond donors (Lipinski definition) is 0. The molecule has 0 N–H and O–H groups in total. The maximum absolute atomic E-state index is 13.4. The zero-order valence-electron chi connectivity index (χ0n) is 16.4. The molecule has 0 saturated heterocycles. The number of hydrogen-bond acceptors (Lipinski definition) is 4. The van der Waals surface area contributed by atoms with Gasteiger partial charge in [0, 0.05) is 23.4 Å². The van der Waals surface area contributed by atoms with Crippen LogP contribution in [-0.4, -0.2) is 24.5 Å². The van der Waals surface area contributed by atoms with Gasteiger partial charge in [-0.25, -0.2) is 17.5 Å². The van der Waals surface area contributed by atoms with Gasteiger partial charge in [-0.1, -0.05) is 23.8 Å². The van der Waals surface area contributed by atoms with Crippen molar-refractivity contribution in [3.05, 3.63) is 82.4 Å². The lowest BCUT2D eigenvalue weighted by Crippen LogP contribution is -2.22. The topological polar surface area (TPSA) is 69.0 Å². The summed E-state index contributed by atoms with van der Waals surface area (Å²) >= 11 is 0. The molecule has 0 unspecified atom stereocenters. The van der Waals surface area contributed by atoms with Gasteiger partial charge in [0.25, 0.3) is 5.56 Å². The summed E-state index contributed by atoms with van der Waals surface area (Å²) in [6, 6.07) is 13.6. The Morgan fingerprint density at radius 3 is 2.17 bits per heavy atom. The summed E-state index contributed by atoms with van der Waals surface area (Å²) in [5, 5.41) is 4.51. The van der Waals surface area contributed by atoms with Crippen molar-refractivity contribution in [1.29, 1.82) is 0 Å². The fourth-order valence-electron chi connectivity index (χ4n) is 2.81. The van der Waals surface area contributed by atoms with E-state index in [9.17, 15) is 17.6 Å². The normalized spacial score (nSPS) is 11.3. The fraction of sp³-hybridized carbons (Fsp3) is 0.182. The summed E-state index contributed by atoms with van der Waals surface area (Å²) in [6.45, 7) is 4.19. The standard InChI is InChI=1S/C22H21FN2O3S/c1-15(2)12-13-25-21(26)14-20(16-6-10-19(11-7-16)29(3,27)28)22(24-25)17-4-8-18(23)9-5-17/h4-12,14H,13H2,1-3H3. The van der Waals surface area contributed by atoms with Crippen molar-refractivity contribution in [2.45, 2.75) is 25.3 Å². The molecule has 29 heavy (non-hydrogen) atoms. The second kappa shape index (κ2) is 8.13. The molecule has 0 radical (unpaired) electrons. The molecular formula is C22H21FN2O3S. The van der Waals surface area contributed by atoms with Gasteiger partial charge in [0.1, 0.15) is 5.82 Å². The van der Waals surface area contributed by atoms with Gasteiger partial charge in [-0.3, -0.25) is 4.79 Å². The first kappa shape index (κ1) is 20.7. The first-order chi connectivity index (χ1) is 13.6. The van der Waals surface area contributed by atoms with Gasteiger partial charge in [-0.05, 0) is 55.8 Å². The van der Waals surface area contributed by atoms with Crippen LogP contribution in [0.1, 0.15) is 13.8 Å². The van der Waals surface area contributed by atoms with Crippen molar-refractivity contribution < 1.29 is 12.8 Å². The number of rotatable bonds is 5. The monoisotopic (exact) mass is 412 g/mol. The molecule has 0 spiro atoms. The molecular weight excluding hydrogens is 391 g/mol. The third-order valence-electron chi connectivity index (χ3n) is 4.38. The molecule has 0 aliphatic rings. The highest BCUT2D eigenvalue weighted by Gasteiger charge is 2.14. The molecule has 0 saturated carbocycles. The van der Waals surface area contributed by atoms with Crippen molar-refractivity contribution in [2.75, 3.05) is 6.26 Å². The van der Waals surface area contributed by atoms with E-state index in [4.69, 9.17) is 0 Å². The number of allylic oxidation sites excluding steroid dienone is 2. The van der Waals surface area contributed by atoms with Crippen LogP contribution in [0.4, 0.5) is 4.39 Å². The second-order valence-corrected chi connectivity index (χ2v) is 9.03. The summed E-state index contributed by atoms with van der Waals surface area (Å²) in [7, 11) is -3.33. The molecule has 0 amide bonds. The Morgan fingerprint density at radius 2 is 1.62 bits per heavy atom. The minimum Gasteiger partial charge on any atom is -0.268 e. The van der Waals surface area contributed by atoms with Gasteiger partial charge >= 0.3 is 0 Å². The van der Waals surface area contributed by atoms with Crippen LogP contribution >= 0.6 is 0 Å². The summed E-state index contributed by atoms with van der Waals surface area (Å²) < 4.78 is 38.2. The van der Waals surface area contributed by atoms with Gasteiger partial charge in [0.05, 0.1) is 17.1 Å². The van der Waals surface area contributed by atoms with E-state index in [0.717, 1.165) is 11.8 Å². The Labute approximate surface area is 169 Å². The second-order valence-electron chi connectivity index (χ2n) is 7.01. The quantitative estimate of drug-likeness (QED) is 0.592. The highest BCUT2D eigenvalue weighted by atomic mass is 32.2. The lowest BCUT2D eigenvalue weighted by Gasteiger charge is -2.12. The first-order valence-corrected chi connectivity index (χ1v) is 10.9. The van der Waals surface area contributed by atoms with Gasteiger partial charge in [-0.2, -0.15) is 5.10 Å². The minimum atomic E-state index is -3.33. The van der Waals surface area contributed by atoms with Crippen LogP contribution in [0.3, 0.4) is 0 Å². The van der Waals surface area contributed by atoms with Crippen LogP contribution in [0.25, 0.3) is 22.4 Å². The summed E-state index contributed by atoms with van der Waals surface area (Å²) in [6.07, 6.45) is 3.03. The predicted molar refractivity (Wildman–Crippen MR) is 112 cm³/mol. The Bertz CT molecular complexity index is 1220. The number of sulfone groups is 1. The lowest BCUT2D eigenvalue weighted by atomic mass is 10.00. The Kier molecular flexibility index (Phi) is 5.79. The molecule has 2 aromatic carbocycles. The first-order valence-electron chi connectivity index (χ1n) is 8.97. The van der Waals surface area contributed by atoms with Gasteiger partial charge < -0.3 is 0 Å². The molecule has 1 heterocycles. The minimum absolute atomic E-state index is 0.189. The van der Waals surface area contributed by atoms with Crippen molar-refractivity contribution in [3.63, 3.8) is 0 Å². The van der Waals surface area contributed by atoms with Crippen LogP contribution in [0, 0.1) is 5.82 Å². The molecule has 3 aromatic rings. The highest BCUT2D eigenvalue weighted by Crippen LogP contribution is 2.30. The van der Waals surface area contributed by atoms with Gasteiger partial charge in [0.2, 0.25) is 0 Å². The van der Waals surface area contributed by atoms with E-state index in [-0.39, 0.29) is 16.3 Å². The van der Waals surface area contributed by atoms with E-state index in [1.165, 1.54) is 35.0 Å². The number of nitrogens with zero attached hydrogens (tertiary/aromatic N) is 2. The van der Waals surface area contributed by atoms with E-state index in [0.29, 0.717) is 28.9 Å². The molecule has 0 bridgehead atoms. The zero-order chi connectivity index (χ0) is 21.2. The maximum atomic E-state index is 13.4. The molecule has 5 nitrogen and oxygen atoms in total. The van der Waals surface area contributed by atoms with Crippen LogP contribution < -0.4 is 5.56 Å². The third kappa shape index (κ3) is 4.86. The SMILES string of the molecule is CC(C)=CCn1nc(-c2ccc(F)cc2)c(-c2ccc(S(C)(=O)=O)cc2)cc1=O. The number of halogens is 1. The van der Waals surface area contributed by atoms with E-state index in [1.54, 1.807) is 24.3 Å². The molecule has 0 fully saturated rings. The Morgan fingerprint density at radius 1 is 1.03 bits per heavy atom. The summed E-state index contributed by atoms with van der Waals surface area (Å²) in [5.74, 6) is -0.370. The van der Waals surface area contributed by atoms with Crippen molar-refractivity contribution >= 4 is 9.84 Å². The summed E-state index contributed by atoms with van der Waals surface area (Å²) in [5.41, 5.74) is 3.14. The van der Waals surface area contributed by atoms with Crippen molar-refractivity contribution in [3.8, 4) is 22.4 Å². The van der Waals surface area contributed by atoms with E-state index < -0.39 is 9.84 Å². The molecule has 150 valence electrons. The molecule has 0 atom stereocenters. The van der Waals surface area contributed by atoms with Crippen LogP contribution in [-0.2, 0) is 16.4 Å². The van der Waals surface area contributed by atoms with E-state index >= 15 is 0 Å². The third-order valence-corrected chi connectivity index (χ3v) is 5.51. The molecule has 1 aromatic heterocycles. The van der Waals surface area contributed by atoms with Gasteiger partial charge in [0.15, 0.2) is 9.84 Å². The van der Waals surface area contributed by atoms with Crippen molar-refractivity contribution in [2.24, 2.45) is 0 Å². The molecule has 0 aliphatic heterocycles. The maximum Gasteiger partial charge on any atom is 0.267 e. The van der Waals surface area contributed by atoms with E-state index in [2.05, 4.69) is 5.10 Å². The molecule has 0 aliphatic carbocycles. The van der Waals surface area contributed by atoms with Gasteiger partial charge in [-0.15, -0.1) is 0 Å².